The summed E-state index contributed by atoms with van der Waals surface area (Å²) < 4.78 is 9.32. The highest BCUT2D eigenvalue weighted by Gasteiger charge is 1.98. The van der Waals surface area contributed by atoms with E-state index in [9.17, 15) is 9.59 Å². The van der Waals surface area contributed by atoms with Gasteiger partial charge in [0, 0.05) is 12.2 Å². The molecule has 0 rings (SSSR count). The van der Waals surface area contributed by atoms with Crippen molar-refractivity contribution < 1.29 is 29.3 Å². The molecule has 6 heteroatoms. The largest absolute Gasteiger partial charge is 0.458 e. The molecule has 0 saturated carbocycles. The first-order valence-corrected chi connectivity index (χ1v) is 5.24. The number of esters is 2. The standard InChI is InChI=1S/C12H16O6/c13-7-1-3-9-17-11(15)5-6-12(16)18-10-4-2-8-14/h1-6,13-14H,7-10H2/b3-1-,4-2+,6-5-. The summed E-state index contributed by atoms with van der Waals surface area (Å²) in [5.74, 6) is -1.36. The molecule has 18 heavy (non-hydrogen) atoms. The SMILES string of the molecule is O=C(/C=C\C(=O)OC/C=C/CO)OC/C=C\CO. The van der Waals surface area contributed by atoms with Crippen LogP contribution in [0, 0.1) is 0 Å². The molecule has 0 unspecified atom stereocenters. The normalized spacial score (nSPS) is 11.4. The van der Waals surface area contributed by atoms with Crippen molar-refractivity contribution in [3.05, 3.63) is 36.5 Å². The number of aliphatic hydroxyl groups excluding tert-OH is 2. The topological polar surface area (TPSA) is 93.1 Å². The highest BCUT2D eigenvalue weighted by Crippen LogP contribution is 1.87. The second-order valence-corrected chi connectivity index (χ2v) is 2.90. The maximum absolute atomic E-state index is 11.0. The number of hydrogen-bond donors (Lipinski definition) is 2. The summed E-state index contributed by atoms with van der Waals surface area (Å²) in [4.78, 5) is 22.1. The van der Waals surface area contributed by atoms with Crippen molar-refractivity contribution in [2.24, 2.45) is 0 Å². The summed E-state index contributed by atoms with van der Waals surface area (Å²) in [5.41, 5.74) is 0. The van der Waals surface area contributed by atoms with Gasteiger partial charge in [-0.05, 0) is 12.2 Å². The molecule has 0 fully saturated rings. The van der Waals surface area contributed by atoms with Crippen LogP contribution in [0.25, 0.3) is 0 Å². The summed E-state index contributed by atoms with van der Waals surface area (Å²) in [6, 6.07) is 0. The number of aliphatic hydroxyl groups is 2. The lowest BCUT2D eigenvalue weighted by molar-refractivity contribution is -0.139. The van der Waals surface area contributed by atoms with Crippen LogP contribution in [0.5, 0.6) is 0 Å². The van der Waals surface area contributed by atoms with Gasteiger partial charge in [-0.1, -0.05) is 12.2 Å². The van der Waals surface area contributed by atoms with E-state index in [1.54, 1.807) is 0 Å². The van der Waals surface area contributed by atoms with Crippen molar-refractivity contribution in [3.8, 4) is 0 Å². The average molecular weight is 256 g/mol. The van der Waals surface area contributed by atoms with Gasteiger partial charge in [-0.3, -0.25) is 0 Å². The zero-order valence-electron chi connectivity index (χ0n) is 9.82. The van der Waals surface area contributed by atoms with E-state index in [1.807, 2.05) is 0 Å². The molecule has 0 saturated heterocycles. The number of carbonyl (C=O) groups is 2. The van der Waals surface area contributed by atoms with Gasteiger partial charge in [-0.15, -0.1) is 0 Å². The predicted octanol–water partition coefficient (Wildman–Crippen LogP) is -0.274. The van der Waals surface area contributed by atoms with Gasteiger partial charge in [0.25, 0.3) is 0 Å². The van der Waals surface area contributed by atoms with Gasteiger partial charge in [0.15, 0.2) is 0 Å². The Morgan fingerprint density at radius 3 is 1.50 bits per heavy atom. The Kier molecular flexibility index (Phi) is 10.3. The lowest BCUT2D eigenvalue weighted by Gasteiger charge is -1.97. The lowest BCUT2D eigenvalue weighted by Crippen LogP contribution is -2.04. The fourth-order valence-electron chi connectivity index (χ4n) is 0.778. The zero-order chi connectivity index (χ0) is 13.6. The molecule has 0 atom stereocenters. The van der Waals surface area contributed by atoms with E-state index in [1.165, 1.54) is 24.3 Å². The summed E-state index contributed by atoms with van der Waals surface area (Å²) in [6.07, 6.45) is 7.71. The van der Waals surface area contributed by atoms with Crippen LogP contribution in [-0.4, -0.2) is 48.6 Å². The highest BCUT2D eigenvalue weighted by atomic mass is 16.5. The van der Waals surface area contributed by atoms with Crippen LogP contribution in [0.3, 0.4) is 0 Å². The Bertz CT molecular complexity index is 297. The maximum atomic E-state index is 11.0. The van der Waals surface area contributed by atoms with E-state index in [-0.39, 0.29) is 26.4 Å². The van der Waals surface area contributed by atoms with E-state index >= 15 is 0 Å². The number of rotatable bonds is 8. The van der Waals surface area contributed by atoms with E-state index in [0.29, 0.717) is 0 Å². The molecular weight excluding hydrogens is 240 g/mol. The lowest BCUT2D eigenvalue weighted by atomic mass is 10.5. The Hall–Kier alpha value is -1.92. The van der Waals surface area contributed by atoms with Gasteiger partial charge in [0.1, 0.15) is 13.2 Å². The molecule has 0 spiro atoms. The van der Waals surface area contributed by atoms with E-state index < -0.39 is 11.9 Å². The number of carbonyl (C=O) groups excluding carboxylic acids is 2. The van der Waals surface area contributed by atoms with E-state index in [2.05, 4.69) is 9.47 Å². The third kappa shape index (κ3) is 10.6. The summed E-state index contributed by atoms with van der Waals surface area (Å²) in [6.45, 7) is -0.196. The molecule has 0 aliphatic rings. The highest BCUT2D eigenvalue weighted by molar-refractivity contribution is 5.91. The van der Waals surface area contributed by atoms with E-state index in [0.717, 1.165) is 12.2 Å². The minimum absolute atomic E-state index is 0.0258. The van der Waals surface area contributed by atoms with Crippen LogP contribution >= 0.6 is 0 Å². The molecule has 0 radical (unpaired) electrons. The Morgan fingerprint density at radius 2 is 1.17 bits per heavy atom. The van der Waals surface area contributed by atoms with Crippen LogP contribution in [0.15, 0.2) is 36.5 Å². The van der Waals surface area contributed by atoms with Crippen LogP contribution < -0.4 is 0 Å². The van der Waals surface area contributed by atoms with Crippen LogP contribution in [0.4, 0.5) is 0 Å². The Balaban J connectivity index is 3.77. The number of ether oxygens (including phenoxy) is 2. The third-order valence-corrected chi connectivity index (χ3v) is 1.54. The molecule has 0 aliphatic heterocycles. The van der Waals surface area contributed by atoms with Gasteiger partial charge in [-0.25, -0.2) is 9.59 Å². The van der Waals surface area contributed by atoms with Gasteiger partial charge in [0.2, 0.25) is 0 Å². The fraction of sp³-hybridized carbons (Fsp3) is 0.333. The summed E-state index contributed by atoms with van der Waals surface area (Å²) in [5, 5.41) is 16.8. The van der Waals surface area contributed by atoms with Crippen molar-refractivity contribution in [1.29, 1.82) is 0 Å². The molecule has 0 aromatic carbocycles. The zero-order valence-corrected chi connectivity index (χ0v) is 9.82. The second-order valence-electron chi connectivity index (χ2n) is 2.90. The number of hydrogen-bond acceptors (Lipinski definition) is 6. The van der Waals surface area contributed by atoms with Gasteiger partial charge in [0.05, 0.1) is 13.2 Å². The van der Waals surface area contributed by atoms with Gasteiger partial charge < -0.3 is 19.7 Å². The minimum Gasteiger partial charge on any atom is -0.458 e. The monoisotopic (exact) mass is 256 g/mol. The Morgan fingerprint density at radius 1 is 0.778 bits per heavy atom. The first-order valence-electron chi connectivity index (χ1n) is 5.24. The summed E-state index contributed by atoms with van der Waals surface area (Å²) in [7, 11) is 0. The van der Waals surface area contributed by atoms with Crippen molar-refractivity contribution in [2.75, 3.05) is 26.4 Å². The quantitative estimate of drug-likeness (QED) is 0.352. The molecule has 0 aliphatic carbocycles. The third-order valence-electron chi connectivity index (χ3n) is 1.54. The Labute approximate surface area is 105 Å². The molecule has 6 nitrogen and oxygen atoms in total. The van der Waals surface area contributed by atoms with Crippen molar-refractivity contribution in [2.45, 2.75) is 0 Å². The second kappa shape index (κ2) is 11.6. The molecule has 0 aromatic heterocycles. The predicted molar refractivity (Wildman–Crippen MR) is 63.5 cm³/mol. The first kappa shape index (κ1) is 16.1. The maximum Gasteiger partial charge on any atom is 0.331 e. The molecular formula is C12H16O6. The van der Waals surface area contributed by atoms with Crippen LogP contribution in [0.2, 0.25) is 0 Å². The van der Waals surface area contributed by atoms with Crippen LogP contribution in [-0.2, 0) is 19.1 Å². The van der Waals surface area contributed by atoms with Gasteiger partial charge in [-0.2, -0.15) is 0 Å². The average Bonchev–Trinajstić information content (AvgIpc) is 2.37. The smallest absolute Gasteiger partial charge is 0.331 e. The van der Waals surface area contributed by atoms with Crippen LogP contribution in [0.1, 0.15) is 0 Å². The van der Waals surface area contributed by atoms with Crippen molar-refractivity contribution in [3.63, 3.8) is 0 Å². The molecule has 0 amide bonds. The first-order chi connectivity index (χ1) is 8.70. The minimum atomic E-state index is -0.680. The fourth-order valence-corrected chi connectivity index (χ4v) is 0.778. The molecule has 0 aromatic rings. The molecule has 100 valence electrons. The van der Waals surface area contributed by atoms with Gasteiger partial charge >= 0.3 is 11.9 Å². The molecule has 0 bridgehead atoms. The van der Waals surface area contributed by atoms with E-state index in [4.69, 9.17) is 10.2 Å². The molecule has 2 N–H and O–H groups in total. The molecule has 0 heterocycles. The van der Waals surface area contributed by atoms with Crippen molar-refractivity contribution >= 4 is 11.9 Å². The summed E-state index contributed by atoms with van der Waals surface area (Å²) >= 11 is 0. The van der Waals surface area contributed by atoms with Crippen molar-refractivity contribution in [1.82, 2.24) is 0 Å².